The largest absolute Gasteiger partial charge is 0.480 e. The molecule has 1 heterocycles. The van der Waals surface area contributed by atoms with E-state index >= 15 is 0 Å². The average molecular weight is 695 g/mol. The summed E-state index contributed by atoms with van der Waals surface area (Å²) in [7, 11) is 0. The summed E-state index contributed by atoms with van der Waals surface area (Å²) >= 11 is 0. The number of carbonyl (C=O) groups is 5. The van der Waals surface area contributed by atoms with Crippen LogP contribution in [0.5, 0.6) is 0 Å². The fourth-order valence-corrected chi connectivity index (χ4v) is 5.85. The van der Waals surface area contributed by atoms with Gasteiger partial charge in [-0.2, -0.15) is 0 Å². The number of aliphatic carboxylic acids is 1. The maximum absolute atomic E-state index is 13.9. The van der Waals surface area contributed by atoms with Crippen LogP contribution in [0.4, 0.5) is 0 Å². The molecular formula is C36H54N8O6. The van der Waals surface area contributed by atoms with Gasteiger partial charge < -0.3 is 43.2 Å². The van der Waals surface area contributed by atoms with Gasteiger partial charge in [-0.15, -0.1) is 0 Å². The summed E-state index contributed by atoms with van der Waals surface area (Å²) in [5.74, 6) is -2.90. The SMILES string of the molecule is CC(C)C[C@@H](NC(=O)[C@@H](Cc1ccccc1)NC(=O)[C@H](N)Cc1ccccc1)C(=O)N[C@H](CCCN)C(=O)N1CCN(CC(N)C(=O)O)CC1. The fourth-order valence-electron chi connectivity index (χ4n) is 5.85. The molecule has 0 saturated carbocycles. The van der Waals surface area contributed by atoms with E-state index in [1.165, 1.54) is 0 Å². The lowest BCUT2D eigenvalue weighted by molar-refractivity contribution is -0.141. The molecule has 5 atom stereocenters. The number of rotatable bonds is 19. The number of nitrogens with one attached hydrogen (secondary N) is 3. The molecule has 4 amide bonds. The van der Waals surface area contributed by atoms with Gasteiger partial charge in [-0.1, -0.05) is 74.5 Å². The van der Waals surface area contributed by atoms with Gasteiger partial charge in [-0.25, -0.2) is 0 Å². The van der Waals surface area contributed by atoms with Gasteiger partial charge in [0.15, 0.2) is 0 Å². The van der Waals surface area contributed by atoms with E-state index in [-0.39, 0.29) is 37.6 Å². The van der Waals surface area contributed by atoms with Gasteiger partial charge in [0.05, 0.1) is 6.04 Å². The summed E-state index contributed by atoms with van der Waals surface area (Å²) in [6, 6.07) is 13.8. The van der Waals surface area contributed by atoms with Crippen LogP contribution in [0.3, 0.4) is 0 Å². The van der Waals surface area contributed by atoms with Crippen molar-refractivity contribution in [1.29, 1.82) is 0 Å². The van der Waals surface area contributed by atoms with E-state index in [1.807, 2.05) is 79.4 Å². The van der Waals surface area contributed by atoms with Crippen molar-refractivity contribution in [1.82, 2.24) is 25.8 Å². The monoisotopic (exact) mass is 694 g/mol. The van der Waals surface area contributed by atoms with E-state index in [0.717, 1.165) is 11.1 Å². The topological polar surface area (TPSA) is 226 Å². The lowest BCUT2D eigenvalue weighted by atomic mass is 9.99. The maximum atomic E-state index is 13.9. The van der Waals surface area contributed by atoms with Crippen LogP contribution in [0.15, 0.2) is 60.7 Å². The van der Waals surface area contributed by atoms with E-state index in [4.69, 9.17) is 22.3 Å². The van der Waals surface area contributed by atoms with Crippen molar-refractivity contribution < 1.29 is 29.1 Å². The summed E-state index contributed by atoms with van der Waals surface area (Å²) in [5.41, 5.74) is 19.4. The number of hydrogen-bond donors (Lipinski definition) is 7. The second-order valence-electron chi connectivity index (χ2n) is 13.3. The van der Waals surface area contributed by atoms with E-state index < -0.39 is 53.9 Å². The predicted octanol–water partition coefficient (Wildman–Crippen LogP) is -0.405. The summed E-state index contributed by atoms with van der Waals surface area (Å²) in [5, 5.41) is 17.7. The number of piperazine rings is 1. The van der Waals surface area contributed by atoms with E-state index in [1.54, 1.807) is 4.90 Å². The van der Waals surface area contributed by atoms with Gasteiger partial charge in [0.1, 0.15) is 24.2 Å². The first-order chi connectivity index (χ1) is 23.9. The Morgan fingerprint density at radius 1 is 0.720 bits per heavy atom. The predicted molar refractivity (Wildman–Crippen MR) is 190 cm³/mol. The molecule has 10 N–H and O–H groups in total. The summed E-state index contributed by atoms with van der Waals surface area (Å²) in [6.45, 7) is 5.92. The second kappa shape index (κ2) is 20.3. The van der Waals surface area contributed by atoms with Crippen LogP contribution < -0.4 is 33.2 Å². The van der Waals surface area contributed by atoms with Crippen molar-refractivity contribution >= 4 is 29.6 Å². The minimum absolute atomic E-state index is 0.0101. The highest BCUT2D eigenvalue weighted by Gasteiger charge is 2.33. The molecule has 3 rings (SSSR count). The first-order valence-electron chi connectivity index (χ1n) is 17.3. The molecule has 0 spiro atoms. The van der Waals surface area contributed by atoms with Crippen LogP contribution in [0.1, 0.15) is 44.2 Å². The molecule has 1 aliphatic rings. The Labute approximate surface area is 294 Å². The molecule has 274 valence electrons. The molecule has 0 aromatic heterocycles. The van der Waals surface area contributed by atoms with Crippen LogP contribution in [0, 0.1) is 5.92 Å². The zero-order valence-electron chi connectivity index (χ0n) is 29.1. The standard InChI is InChI=1S/C36H54N8O6/c1-24(2)20-30(33(46)40-29(14-9-15-37)35(48)44-18-16-43(17-19-44)23-28(39)36(49)50)42-34(47)31(22-26-12-7-4-8-13-26)41-32(45)27(38)21-25-10-5-3-6-11-25/h3-8,10-13,24,27-31H,9,14-23,37-39H2,1-2H3,(H,40,46)(H,41,45)(H,42,47)(H,49,50)/t27-,28?,29-,30-,31-/m1/s1. The molecule has 0 bridgehead atoms. The molecule has 1 saturated heterocycles. The highest BCUT2D eigenvalue weighted by molar-refractivity contribution is 5.95. The van der Waals surface area contributed by atoms with Crippen molar-refractivity contribution in [2.75, 3.05) is 39.3 Å². The molecule has 1 unspecified atom stereocenters. The van der Waals surface area contributed by atoms with Crippen molar-refractivity contribution in [2.24, 2.45) is 23.1 Å². The smallest absolute Gasteiger partial charge is 0.321 e. The third kappa shape index (κ3) is 13.2. The first kappa shape index (κ1) is 40.1. The summed E-state index contributed by atoms with van der Waals surface area (Å²) in [4.78, 5) is 69.3. The fraction of sp³-hybridized carbons (Fsp3) is 0.528. The Morgan fingerprint density at radius 3 is 1.78 bits per heavy atom. The molecular weight excluding hydrogens is 640 g/mol. The van der Waals surface area contributed by atoms with Gasteiger partial charge >= 0.3 is 5.97 Å². The molecule has 2 aromatic rings. The summed E-state index contributed by atoms with van der Waals surface area (Å²) < 4.78 is 0. The molecule has 2 aromatic carbocycles. The van der Waals surface area contributed by atoms with Gasteiger partial charge in [-0.05, 0) is 49.3 Å². The third-order valence-corrected chi connectivity index (χ3v) is 8.66. The molecule has 0 radical (unpaired) electrons. The highest BCUT2D eigenvalue weighted by atomic mass is 16.4. The van der Waals surface area contributed by atoms with Crippen LogP contribution in [-0.4, -0.2) is 114 Å². The number of carbonyl (C=O) groups excluding carboxylic acids is 4. The number of benzene rings is 2. The molecule has 1 aliphatic heterocycles. The van der Waals surface area contributed by atoms with Crippen molar-refractivity contribution in [3.05, 3.63) is 71.8 Å². The summed E-state index contributed by atoms with van der Waals surface area (Å²) in [6.07, 6.45) is 1.54. The number of carboxylic acids is 1. The molecule has 50 heavy (non-hydrogen) atoms. The quantitative estimate of drug-likeness (QED) is 0.101. The number of hydrogen-bond acceptors (Lipinski definition) is 9. The molecule has 14 heteroatoms. The van der Waals surface area contributed by atoms with Crippen LogP contribution in [-0.2, 0) is 36.8 Å². The zero-order valence-corrected chi connectivity index (χ0v) is 29.1. The van der Waals surface area contributed by atoms with Crippen LogP contribution >= 0.6 is 0 Å². The maximum Gasteiger partial charge on any atom is 0.321 e. The van der Waals surface area contributed by atoms with Gasteiger partial charge in [0.2, 0.25) is 23.6 Å². The van der Waals surface area contributed by atoms with Gasteiger partial charge in [0.25, 0.3) is 0 Å². The number of carboxylic acid groups (broad SMARTS) is 1. The Morgan fingerprint density at radius 2 is 1.24 bits per heavy atom. The number of nitrogens with two attached hydrogens (primary N) is 3. The van der Waals surface area contributed by atoms with E-state index in [0.29, 0.717) is 45.6 Å². The Hall–Kier alpha value is -4.37. The molecule has 1 fully saturated rings. The Kier molecular flexibility index (Phi) is 16.3. The average Bonchev–Trinajstić information content (AvgIpc) is 3.09. The van der Waals surface area contributed by atoms with Crippen LogP contribution in [0.2, 0.25) is 0 Å². The lowest BCUT2D eigenvalue weighted by Gasteiger charge is -2.37. The molecule has 14 nitrogen and oxygen atoms in total. The number of nitrogens with zero attached hydrogens (tertiary/aromatic N) is 2. The normalized spacial score (nSPS) is 16.5. The zero-order chi connectivity index (χ0) is 36.6. The van der Waals surface area contributed by atoms with Crippen molar-refractivity contribution in [2.45, 2.75) is 76.2 Å². The highest BCUT2D eigenvalue weighted by Crippen LogP contribution is 2.12. The van der Waals surface area contributed by atoms with E-state index in [9.17, 15) is 24.0 Å². The Balaban J connectivity index is 1.72. The van der Waals surface area contributed by atoms with Crippen molar-refractivity contribution in [3.63, 3.8) is 0 Å². The van der Waals surface area contributed by atoms with Crippen LogP contribution in [0.25, 0.3) is 0 Å². The van der Waals surface area contributed by atoms with Gasteiger partial charge in [-0.3, -0.25) is 28.9 Å². The lowest BCUT2D eigenvalue weighted by Crippen LogP contribution is -2.60. The van der Waals surface area contributed by atoms with E-state index in [2.05, 4.69) is 16.0 Å². The van der Waals surface area contributed by atoms with Gasteiger partial charge in [0, 0.05) is 39.1 Å². The minimum Gasteiger partial charge on any atom is -0.480 e. The minimum atomic E-state index is -1.09. The van der Waals surface area contributed by atoms with Crippen molar-refractivity contribution in [3.8, 4) is 0 Å². The third-order valence-electron chi connectivity index (χ3n) is 8.66. The number of amides is 4. The molecule has 0 aliphatic carbocycles. The first-order valence-corrected chi connectivity index (χ1v) is 17.3. The Bertz CT molecular complexity index is 1390. The second-order valence-corrected chi connectivity index (χ2v) is 13.3.